The zero-order valence-electron chi connectivity index (χ0n) is 14.3. The summed E-state index contributed by atoms with van der Waals surface area (Å²) in [4.78, 5) is 16.7. The molecule has 0 bridgehead atoms. The number of hydrogen-bond acceptors (Lipinski definition) is 4. The van der Waals surface area contributed by atoms with E-state index in [1.807, 2.05) is 60.8 Å². The first-order valence-corrected chi connectivity index (χ1v) is 8.97. The fraction of sp³-hybridized carbons (Fsp3) is 0.200. The van der Waals surface area contributed by atoms with Crippen LogP contribution in [0.3, 0.4) is 0 Å². The van der Waals surface area contributed by atoms with E-state index in [9.17, 15) is 4.79 Å². The van der Waals surface area contributed by atoms with E-state index in [4.69, 9.17) is 4.74 Å². The minimum atomic E-state index is 0.00468. The van der Waals surface area contributed by atoms with E-state index in [-0.39, 0.29) is 5.91 Å². The summed E-state index contributed by atoms with van der Waals surface area (Å²) in [6.45, 7) is 2.02. The summed E-state index contributed by atoms with van der Waals surface area (Å²) in [6.07, 6.45) is 1.06. The van der Waals surface area contributed by atoms with Crippen molar-refractivity contribution in [3.8, 4) is 17.0 Å². The largest absolute Gasteiger partial charge is 0.497 e. The number of nitrogens with zero attached hydrogens (tertiary/aromatic N) is 1. The summed E-state index contributed by atoms with van der Waals surface area (Å²) >= 11 is 1.58. The smallest absolute Gasteiger partial charge is 0.224 e. The summed E-state index contributed by atoms with van der Waals surface area (Å²) in [7, 11) is 1.65. The van der Waals surface area contributed by atoms with Crippen molar-refractivity contribution >= 4 is 22.9 Å². The van der Waals surface area contributed by atoms with Crippen molar-refractivity contribution in [2.75, 3.05) is 12.4 Å². The van der Waals surface area contributed by atoms with Crippen LogP contribution in [0, 0.1) is 6.92 Å². The number of rotatable bonds is 6. The summed E-state index contributed by atoms with van der Waals surface area (Å²) in [5.41, 5.74) is 3.98. The van der Waals surface area contributed by atoms with Crippen molar-refractivity contribution in [2.24, 2.45) is 0 Å². The van der Waals surface area contributed by atoms with Crippen LogP contribution in [0.5, 0.6) is 5.75 Å². The maximum Gasteiger partial charge on any atom is 0.224 e. The number of aryl methyl sites for hydroxylation is 2. The first kappa shape index (κ1) is 17.2. The maximum atomic E-state index is 12.1. The van der Waals surface area contributed by atoms with Crippen molar-refractivity contribution in [1.82, 2.24) is 4.98 Å². The second-order valence-electron chi connectivity index (χ2n) is 5.77. The Morgan fingerprint density at radius 2 is 1.84 bits per heavy atom. The Labute approximate surface area is 151 Å². The predicted octanol–water partition coefficient (Wildman–Crippen LogP) is 4.70. The lowest BCUT2D eigenvalue weighted by atomic mass is 10.2. The van der Waals surface area contributed by atoms with Gasteiger partial charge in [-0.05, 0) is 43.3 Å². The van der Waals surface area contributed by atoms with Crippen LogP contribution in [-0.4, -0.2) is 18.0 Å². The molecule has 0 radical (unpaired) electrons. The SMILES string of the molecule is COc1ccc(-c2csc(CCC(=O)Nc3ccc(C)cc3)n2)cc1. The summed E-state index contributed by atoms with van der Waals surface area (Å²) in [6, 6.07) is 15.6. The molecule has 0 atom stereocenters. The van der Waals surface area contributed by atoms with Crippen molar-refractivity contribution in [3.05, 3.63) is 64.5 Å². The van der Waals surface area contributed by atoms with Crippen molar-refractivity contribution in [1.29, 1.82) is 0 Å². The molecule has 128 valence electrons. The van der Waals surface area contributed by atoms with Gasteiger partial charge in [0.2, 0.25) is 5.91 Å². The van der Waals surface area contributed by atoms with Gasteiger partial charge in [0.05, 0.1) is 17.8 Å². The molecule has 0 aliphatic rings. The van der Waals surface area contributed by atoms with Gasteiger partial charge < -0.3 is 10.1 Å². The monoisotopic (exact) mass is 352 g/mol. The summed E-state index contributed by atoms with van der Waals surface area (Å²) in [5.74, 6) is 0.831. The number of thiazole rings is 1. The summed E-state index contributed by atoms with van der Waals surface area (Å²) < 4.78 is 5.17. The first-order chi connectivity index (χ1) is 12.1. The van der Waals surface area contributed by atoms with Crippen molar-refractivity contribution < 1.29 is 9.53 Å². The first-order valence-electron chi connectivity index (χ1n) is 8.09. The lowest BCUT2D eigenvalue weighted by Crippen LogP contribution is -2.12. The molecule has 0 saturated carbocycles. The van der Waals surface area contributed by atoms with Crippen LogP contribution in [0.2, 0.25) is 0 Å². The van der Waals surface area contributed by atoms with E-state index >= 15 is 0 Å². The average Bonchev–Trinajstić information content (AvgIpc) is 3.11. The van der Waals surface area contributed by atoms with Crippen LogP contribution in [0.25, 0.3) is 11.3 Å². The topological polar surface area (TPSA) is 51.2 Å². The number of nitrogens with one attached hydrogen (secondary N) is 1. The molecule has 0 unspecified atom stereocenters. The normalized spacial score (nSPS) is 10.5. The number of amides is 1. The Balaban J connectivity index is 1.55. The Bertz CT molecular complexity index is 839. The molecular formula is C20H20N2O2S. The van der Waals surface area contributed by atoms with Gasteiger partial charge in [0.1, 0.15) is 5.75 Å². The molecule has 1 amide bonds. The van der Waals surface area contributed by atoms with Gasteiger partial charge in [0, 0.05) is 29.5 Å². The molecule has 4 nitrogen and oxygen atoms in total. The van der Waals surface area contributed by atoms with Crippen LogP contribution in [0.4, 0.5) is 5.69 Å². The number of aromatic nitrogens is 1. The van der Waals surface area contributed by atoms with Gasteiger partial charge >= 0.3 is 0 Å². The average molecular weight is 352 g/mol. The number of hydrogen-bond donors (Lipinski definition) is 1. The molecule has 3 aromatic rings. The van der Waals surface area contributed by atoms with Crippen molar-refractivity contribution in [2.45, 2.75) is 19.8 Å². The third kappa shape index (κ3) is 4.67. The second-order valence-corrected chi connectivity index (χ2v) is 6.71. The van der Waals surface area contributed by atoms with E-state index in [2.05, 4.69) is 10.3 Å². The second kappa shape index (κ2) is 7.94. The zero-order valence-corrected chi connectivity index (χ0v) is 15.1. The van der Waals surface area contributed by atoms with Gasteiger partial charge in [-0.3, -0.25) is 4.79 Å². The number of methoxy groups -OCH3 is 1. The van der Waals surface area contributed by atoms with Crippen molar-refractivity contribution in [3.63, 3.8) is 0 Å². The molecule has 2 aromatic carbocycles. The molecule has 1 N–H and O–H groups in total. The Hall–Kier alpha value is -2.66. The van der Waals surface area contributed by atoms with E-state index < -0.39 is 0 Å². The molecule has 5 heteroatoms. The van der Waals surface area contributed by atoms with Crippen LogP contribution < -0.4 is 10.1 Å². The highest BCUT2D eigenvalue weighted by Gasteiger charge is 2.08. The van der Waals surface area contributed by atoms with Gasteiger partial charge in [-0.2, -0.15) is 0 Å². The molecule has 0 saturated heterocycles. The number of carbonyl (C=O) groups is 1. The van der Waals surface area contributed by atoms with Crippen LogP contribution >= 0.6 is 11.3 Å². The standard InChI is InChI=1S/C20H20N2O2S/c1-14-3-7-16(8-4-14)21-19(23)11-12-20-22-18(13-25-20)15-5-9-17(24-2)10-6-15/h3-10,13H,11-12H2,1-2H3,(H,21,23). The van der Waals surface area contributed by atoms with Gasteiger partial charge in [0.25, 0.3) is 0 Å². The molecule has 3 rings (SSSR count). The van der Waals surface area contributed by atoms with Gasteiger partial charge in [-0.25, -0.2) is 4.98 Å². The number of carbonyl (C=O) groups excluding carboxylic acids is 1. The Morgan fingerprint density at radius 1 is 1.12 bits per heavy atom. The molecule has 0 spiro atoms. The zero-order chi connectivity index (χ0) is 17.6. The quantitative estimate of drug-likeness (QED) is 0.700. The van der Waals surface area contributed by atoms with E-state index in [1.165, 1.54) is 5.56 Å². The van der Waals surface area contributed by atoms with E-state index in [0.29, 0.717) is 12.8 Å². The molecule has 1 heterocycles. The van der Waals surface area contributed by atoms with Crippen LogP contribution in [-0.2, 0) is 11.2 Å². The minimum Gasteiger partial charge on any atom is -0.497 e. The third-order valence-electron chi connectivity index (χ3n) is 3.84. The third-order valence-corrected chi connectivity index (χ3v) is 4.75. The molecule has 0 aliphatic heterocycles. The predicted molar refractivity (Wildman–Crippen MR) is 102 cm³/mol. The van der Waals surface area contributed by atoms with Crippen LogP contribution in [0.1, 0.15) is 17.0 Å². The minimum absolute atomic E-state index is 0.00468. The van der Waals surface area contributed by atoms with Gasteiger partial charge in [-0.15, -0.1) is 11.3 Å². The van der Waals surface area contributed by atoms with E-state index in [1.54, 1.807) is 18.4 Å². The maximum absolute atomic E-state index is 12.1. The molecule has 0 fully saturated rings. The molecule has 0 aliphatic carbocycles. The van der Waals surface area contributed by atoms with Crippen LogP contribution in [0.15, 0.2) is 53.9 Å². The summed E-state index contributed by atoms with van der Waals surface area (Å²) in [5, 5.41) is 5.90. The lowest BCUT2D eigenvalue weighted by Gasteiger charge is -2.04. The highest BCUT2D eigenvalue weighted by atomic mass is 32.1. The highest BCUT2D eigenvalue weighted by Crippen LogP contribution is 2.24. The number of ether oxygens (including phenoxy) is 1. The fourth-order valence-electron chi connectivity index (χ4n) is 2.40. The van der Waals surface area contributed by atoms with Gasteiger partial charge in [-0.1, -0.05) is 17.7 Å². The Morgan fingerprint density at radius 3 is 2.52 bits per heavy atom. The van der Waals surface area contributed by atoms with Gasteiger partial charge in [0.15, 0.2) is 0 Å². The highest BCUT2D eigenvalue weighted by molar-refractivity contribution is 7.09. The molecule has 25 heavy (non-hydrogen) atoms. The molecule has 1 aromatic heterocycles. The number of anilines is 1. The number of benzene rings is 2. The van der Waals surface area contributed by atoms with E-state index in [0.717, 1.165) is 27.7 Å². The fourth-order valence-corrected chi connectivity index (χ4v) is 3.21. The lowest BCUT2D eigenvalue weighted by molar-refractivity contribution is -0.116. The molecular weight excluding hydrogens is 332 g/mol. The Kier molecular flexibility index (Phi) is 5.46.